The number of benzene rings is 1. The van der Waals surface area contributed by atoms with E-state index in [0.29, 0.717) is 0 Å². The quantitative estimate of drug-likeness (QED) is 0.754. The number of hydrogen-bond donors (Lipinski definition) is 3. The topological polar surface area (TPSA) is 61.4 Å². The van der Waals surface area contributed by atoms with Gasteiger partial charge in [-0.05, 0) is 18.1 Å². The predicted molar refractivity (Wildman–Crippen MR) is 73.4 cm³/mol. The SMILES string of the molecule is Cc1ccccc1[C@@H](O)CNC(=O)[C@@H]1CSCN1. The van der Waals surface area contributed by atoms with Gasteiger partial charge in [0, 0.05) is 18.2 Å². The molecule has 0 saturated carbocycles. The third kappa shape index (κ3) is 3.25. The van der Waals surface area contributed by atoms with Crippen LogP contribution in [0.3, 0.4) is 0 Å². The maximum atomic E-state index is 11.8. The van der Waals surface area contributed by atoms with Gasteiger partial charge in [-0.1, -0.05) is 24.3 Å². The highest BCUT2D eigenvalue weighted by Crippen LogP contribution is 2.16. The molecule has 3 N–H and O–H groups in total. The molecule has 0 unspecified atom stereocenters. The second-order valence-electron chi connectivity index (χ2n) is 4.39. The fourth-order valence-electron chi connectivity index (χ4n) is 1.95. The van der Waals surface area contributed by atoms with Crippen LogP contribution in [0.4, 0.5) is 0 Å². The molecule has 4 nitrogen and oxygen atoms in total. The maximum absolute atomic E-state index is 11.8. The Kier molecular flexibility index (Phi) is 4.63. The first-order valence-electron chi connectivity index (χ1n) is 6.01. The molecular formula is C13H18N2O2S. The van der Waals surface area contributed by atoms with Crippen molar-refractivity contribution in [1.29, 1.82) is 0 Å². The van der Waals surface area contributed by atoms with Crippen LogP contribution < -0.4 is 10.6 Å². The number of aryl methyl sites for hydroxylation is 1. The lowest BCUT2D eigenvalue weighted by atomic mass is 10.0. The fourth-order valence-corrected chi connectivity index (χ4v) is 2.90. The summed E-state index contributed by atoms with van der Waals surface area (Å²) in [5.41, 5.74) is 1.90. The van der Waals surface area contributed by atoms with Crippen molar-refractivity contribution in [1.82, 2.24) is 10.6 Å². The molecule has 1 amide bonds. The van der Waals surface area contributed by atoms with E-state index < -0.39 is 6.10 Å². The largest absolute Gasteiger partial charge is 0.387 e. The third-order valence-electron chi connectivity index (χ3n) is 3.05. The first-order valence-corrected chi connectivity index (χ1v) is 7.16. The number of amides is 1. The smallest absolute Gasteiger partial charge is 0.238 e. The summed E-state index contributed by atoms with van der Waals surface area (Å²) in [6.45, 7) is 2.21. The van der Waals surface area contributed by atoms with E-state index in [2.05, 4.69) is 10.6 Å². The lowest BCUT2D eigenvalue weighted by Crippen LogP contribution is -2.43. The van der Waals surface area contributed by atoms with Crippen molar-refractivity contribution < 1.29 is 9.90 Å². The molecule has 0 aliphatic carbocycles. The Balaban J connectivity index is 1.86. The van der Waals surface area contributed by atoms with E-state index in [1.54, 1.807) is 11.8 Å². The molecule has 1 aliphatic heterocycles. The van der Waals surface area contributed by atoms with E-state index in [4.69, 9.17) is 0 Å². The van der Waals surface area contributed by atoms with Gasteiger partial charge in [0.2, 0.25) is 5.91 Å². The molecule has 1 aromatic rings. The zero-order valence-electron chi connectivity index (χ0n) is 10.3. The Hall–Kier alpha value is -1.04. The molecule has 5 heteroatoms. The fraction of sp³-hybridized carbons (Fsp3) is 0.462. The Morgan fingerprint density at radius 2 is 2.39 bits per heavy atom. The summed E-state index contributed by atoms with van der Waals surface area (Å²) < 4.78 is 0. The van der Waals surface area contributed by atoms with Crippen molar-refractivity contribution >= 4 is 17.7 Å². The summed E-state index contributed by atoms with van der Waals surface area (Å²) in [5.74, 6) is 1.58. The van der Waals surface area contributed by atoms with Gasteiger partial charge in [-0.3, -0.25) is 10.1 Å². The second-order valence-corrected chi connectivity index (χ2v) is 5.42. The van der Waals surface area contributed by atoms with Crippen molar-refractivity contribution in [2.45, 2.75) is 19.1 Å². The normalized spacial score (nSPS) is 20.7. The Bertz CT molecular complexity index is 419. The van der Waals surface area contributed by atoms with E-state index in [0.717, 1.165) is 22.8 Å². The van der Waals surface area contributed by atoms with Gasteiger partial charge in [0.1, 0.15) is 0 Å². The number of aliphatic hydroxyl groups is 1. The first kappa shape index (κ1) is 13.4. The molecule has 0 radical (unpaired) electrons. The Labute approximate surface area is 111 Å². The van der Waals surface area contributed by atoms with Gasteiger partial charge in [-0.25, -0.2) is 0 Å². The highest BCUT2D eigenvalue weighted by Gasteiger charge is 2.22. The van der Waals surface area contributed by atoms with Gasteiger partial charge in [-0.15, -0.1) is 11.8 Å². The van der Waals surface area contributed by atoms with Crippen LogP contribution in [0.25, 0.3) is 0 Å². The highest BCUT2D eigenvalue weighted by molar-refractivity contribution is 7.99. The molecule has 18 heavy (non-hydrogen) atoms. The lowest BCUT2D eigenvalue weighted by Gasteiger charge is -2.16. The van der Waals surface area contributed by atoms with Crippen LogP contribution in [-0.4, -0.2) is 35.2 Å². The van der Waals surface area contributed by atoms with E-state index in [1.807, 2.05) is 31.2 Å². The van der Waals surface area contributed by atoms with Gasteiger partial charge >= 0.3 is 0 Å². The molecule has 1 heterocycles. The van der Waals surface area contributed by atoms with E-state index >= 15 is 0 Å². The van der Waals surface area contributed by atoms with Crippen molar-refractivity contribution in [3.05, 3.63) is 35.4 Å². The molecule has 0 bridgehead atoms. The number of hydrogen-bond acceptors (Lipinski definition) is 4. The Morgan fingerprint density at radius 3 is 3.06 bits per heavy atom. The average molecular weight is 266 g/mol. The molecule has 0 aromatic heterocycles. The van der Waals surface area contributed by atoms with Crippen LogP contribution in [0.5, 0.6) is 0 Å². The summed E-state index contributed by atoms with van der Waals surface area (Å²) in [7, 11) is 0. The van der Waals surface area contributed by atoms with Crippen molar-refractivity contribution in [2.24, 2.45) is 0 Å². The summed E-state index contributed by atoms with van der Waals surface area (Å²) in [5, 5.41) is 15.9. The van der Waals surface area contributed by atoms with E-state index in [1.165, 1.54) is 0 Å². The van der Waals surface area contributed by atoms with Gasteiger partial charge in [0.15, 0.2) is 0 Å². The van der Waals surface area contributed by atoms with E-state index in [-0.39, 0.29) is 18.5 Å². The van der Waals surface area contributed by atoms with Gasteiger partial charge in [0.05, 0.1) is 12.1 Å². The maximum Gasteiger partial charge on any atom is 0.238 e. The zero-order chi connectivity index (χ0) is 13.0. The van der Waals surface area contributed by atoms with Gasteiger partial charge < -0.3 is 10.4 Å². The molecule has 0 spiro atoms. The Morgan fingerprint density at radius 1 is 1.61 bits per heavy atom. The number of rotatable bonds is 4. The number of thioether (sulfide) groups is 1. The predicted octanol–water partition coefficient (Wildman–Crippen LogP) is 0.807. The molecule has 2 atom stereocenters. The van der Waals surface area contributed by atoms with Crippen molar-refractivity contribution in [3.63, 3.8) is 0 Å². The molecule has 1 fully saturated rings. The van der Waals surface area contributed by atoms with Gasteiger partial charge in [-0.2, -0.15) is 0 Å². The molecular weight excluding hydrogens is 248 g/mol. The summed E-state index contributed by atoms with van der Waals surface area (Å²) >= 11 is 1.71. The van der Waals surface area contributed by atoms with Crippen LogP contribution in [0.2, 0.25) is 0 Å². The average Bonchev–Trinajstić information content (AvgIpc) is 2.90. The molecule has 98 valence electrons. The van der Waals surface area contributed by atoms with Crippen molar-refractivity contribution in [3.8, 4) is 0 Å². The summed E-state index contributed by atoms with van der Waals surface area (Å²) in [6, 6.07) is 7.54. The lowest BCUT2D eigenvalue weighted by molar-refractivity contribution is -0.122. The van der Waals surface area contributed by atoms with Crippen LogP contribution >= 0.6 is 11.8 Å². The monoisotopic (exact) mass is 266 g/mol. The molecule has 1 aromatic carbocycles. The molecule has 2 rings (SSSR count). The number of carbonyl (C=O) groups excluding carboxylic acids is 1. The standard InChI is InChI=1S/C13H18N2O2S/c1-9-4-2-3-5-10(9)12(16)6-14-13(17)11-7-18-8-15-11/h2-5,11-12,15-16H,6-8H2,1H3,(H,14,17)/t11-,12-/m0/s1. The second kappa shape index (κ2) is 6.22. The minimum Gasteiger partial charge on any atom is -0.387 e. The van der Waals surface area contributed by atoms with Crippen LogP contribution in [0.15, 0.2) is 24.3 Å². The number of aliphatic hydroxyl groups excluding tert-OH is 1. The van der Waals surface area contributed by atoms with Crippen LogP contribution in [-0.2, 0) is 4.79 Å². The van der Waals surface area contributed by atoms with E-state index in [9.17, 15) is 9.90 Å². The molecule has 1 aliphatic rings. The third-order valence-corrected chi connectivity index (χ3v) is 3.99. The van der Waals surface area contributed by atoms with Crippen LogP contribution in [0.1, 0.15) is 17.2 Å². The highest BCUT2D eigenvalue weighted by atomic mass is 32.2. The zero-order valence-corrected chi connectivity index (χ0v) is 11.2. The number of nitrogens with one attached hydrogen (secondary N) is 2. The first-order chi connectivity index (χ1) is 8.68. The number of carbonyl (C=O) groups is 1. The molecule has 1 saturated heterocycles. The summed E-state index contributed by atoms with van der Waals surface area (Å²) in [6.07, 6.45) is -0.649. The minimum atomic E-state index is -0.649. The van der Waals surface area contributed by atoms with Crippen LogP contribution in [0, 0.1) is 6.92 Å². The summed E-state index contributed by atoms with van der Waals surface area (Å²) in [4.78, 5) is 11.8. The minimum absolute atomic E-state index is 0.0346. The van der Waals surface area contributed by atoms with Gasteiger partial charge in [0.25, 0.3) is 0 Å². The van der Waals surface area contributed by atoms with Crippen molar-refractivity contribution in [2.75, 3.05) is 18.2 Å².